The Bertz CT molecular complexity index is 825. The van der Waals surface area contributed by atoms with E-state index in [-0.39, 0.29) is 5.82 Å². The van der Waals surface area contributed by atoms with Crippen LogP contribution in [0.5, 0.6) is 5.75 Å². The van der Waals surface area contributed by atoms with Gasteiger partial charge in [0.05, 0.1) is 12.7 Å². The van der Waals surface area contributed by atoms with Crippen LogP contribution in [-0.4, -0.2) is 22.3 Å². The van der Waals surface area contributed by atoms with E-state index in [1.807, 2.05) is 6.07 Å². The van der Waals surface area contributed by atoms with Crippen LogP contribution in [0.15, 0.2) is 47.6 Å². The molecule has 3 aromatic rings. The highest BCUT2D eigenvalue weighted by Crippen LogP contribution is 2.31. The number of hydrogen-bond donors (Lipinski definition) is 1. The largest absolute Gasteiger partial charge is 0.496 e. The average Bonchev–Trinajstić information content (AvgIpc) is 3.02. The number of benzene rings is 2. The number of nitrogens with one attached hydrogen (secondary N) is 1. The predicted octanol–water partition coefficient (Wildman–Crippen LogP) is 4.57. The molecule has 23 heavy (non-hydrogen) atoms. The maximum Gasteiger partial charge on any atom is 0.209 e. The Hall–Kier alpha value is -2.05. The molecular weight excluding hydrogens is 337 g/mol. The fourth-order valence-corrected chi connectivity index (χ4v) is 2.98. The van der Waals surface area contributed by atoms with Gasteiger partial charge in [0.15, 0.2) is 5.82 Å². The topological polar surface area (TPSA) is 50.8 Å². The molecule has 3 rings (SSSR count). The Balaban J connectivity index is 1.77. The molecule has 1 N–H and O–H groups in total. The molecule has 0 aliphatic rings. The lowest BCUT2D eigenvalue weighted by Crippen LogP contribution is -1.89. The minimum absolute atomic E-state index is 0.248. The molecule has 118 valence electrons. The van der Waals surface area contributed by atoms with Crippen molar-refractivity contribution in [1.29, 1.82) is 0 Å². The summed E-state index contributed by atoms with van der Waals surface area (Å²) >= 11 is 7.45. The van der Waals surface area contributed by atoms with Gasteiger partial charge in [-0.25, -0.2) is 9.37 Å². The molecule has 0 amide bonds. The first-order chi connectivity index (χ1) is 11.2. The Morgan fingerprint density at radius 3 is 2.91 bits per heavy atom. The molecule has 1 aromatic heterocycles. The number of nitrogens with zero attached hydrogens (tertiary/aromatic N) is 2. The van der Waals surface area contributed by atoms with Crippen molar-refractivity contribution in [1.82, 2.24) is 15.2 Å². The highest BCUT2D eigenvalue weighted by Gasteiger charge is 2.12. The molecule has 4 nitrogen and oxygen atoms in total. The van der Waals surface area contributed by atoms with E-state index in [9.17, 15) is 4.39 Å². The monoisotopic (exact) mass is 349 g/mol. The van der Waals surface area contributed by atoms with E-state index >= 15 is 0 Å². The molecule has 0 bridgehead atoms. The maximum absolute atomic E-state index is 13.2. The molecule has 2 aromatic carbocycles. The van der Waals surface area contributed by atoms with Crippen molar-refractivity contribution in [3.8, 4) is 17.1 Å². The van der Waals surface area contributed by atoms with E-state index in [0.717, 1.165) is 11.1 Å². The van der Waals surface area contributed by atoms with Crippen molar-refractivity contribution >= 4 is 23.4 Å². The summed E-state index contributed by atoms with van der Waals surface area (Å²) in [5, 5.41) is 8.21. The lowest BCUT2D eigenvalue weighted by molar-refractivity contribution is 0.416. The van der Waals surface area contributed by atoms with E-state index in [4.69, 9.17) is 16.3 Å². The van der Waals surface area contributed by atoms with Crippen molar-refractivity contribution in [2.24, 2.45) is 0 Å². The van der Waals surface area contributed by atoms with Crippen LogP contribution < -0.4 is 4.74 Å². The number of halogens is 2. The van der Waals surface area contributed by atoms with Crippen LogP contribution in [0.3, 0.4) is 0 Å². The van der Waals surface area contributed by atoms with E-state index < -0.39 is 0 Å². The van der Waals surface area contributed by atoms with Crippen molar-refractivity contribution in [3.05, 3.63) is 58.9 Å². The van der Waals surface area contributed by atoms with E-state index in [1.54, 1.807) is 31.4 Å². The van der Waals surface area contributed by atoms with Crippen LogP contribution >= 0.6 is 23.4 Å². The van der Waals surface area contributed by atoms with Gasteiger partial charge in [0.1, 0.15) is 11.6 Å². The van der Waals surface area contributed by atoms with E-state index in [1.165, 1.54) is 23.9 Å². The smallest absolute Gasteiger partial charge is 0.209 e. The SMILES string of the molecule is COc1ccc(Cl)cc1-c1nc(SCc2cccc(F)c2)n[nH]1. The third-order valence-electron chi connectivity index (χ3n) is 3.14. The summed E-state index contributed by atoms with van der Waals surface area (Å²) in [4.78, 5) is 4.43. The van der Waals surface area contributed by atoms with Gasteiger partial charge in [-0.15, -0.1) is 5.10 Å². The van der Waals surface area contributed by atoms with Crippen molar-refractivity contribution in [2.75, 3.05) is 7.11 Å². The molecule has 0 aliphatic heterocycles. The van der Waals surface area contributed by atoms with Crippen LogP contribution in [0, 0.1) is 5.82 Å². The zero-order valence-electron chi connectivity index (χ0n) is 12.2. The Kier molecular flexibility index (Phi) is 4.83. The van der Waals surface area contributed by atoms with Gasteiger partial charge in [-0.1, -0.05) is 35.5 Å². The summed E-state index contributed by atoms with van der Waals surface area (Å²) in [6.45, 7) is 0. The second-order valence-electron chi connectivity index (χ2n) is 4.73. The lowest BCUT2D eigenvalue weighted by atomic mass is 10.2. The molecule has 0 spiro atoms. The number of ether oxygens (including phenoxy) is 1. The summed E-state index contributed by atoms with van der Waals surface area (Å²) in [7, 11) is 1.59. The number of rotatable bonds is 5. The van der Waals surface area contributed by atoms with Crippen LogP contribution in [0.25, 0.3) is 11.4 Å². The zero-order valence-corrected chi connectivity index (χ0v) is 13.8. The van der Waals surface area contributed by atoms with E-state index in [2.05, 4.69) is 15.2 Å². The average molecular weight is 350 g/mol. The van der Waals surface area contributed by atoms with Crippen molar-refractivity contribution in [3.63, 3.8) is 0 Å². The molecule has 1 heterocycles. The third-order valence-corrected chi connectivity index (χ3v) is 4.29. The molecule has 7 heteroatoms. The number of aromatic amines is 1. The van der Waals surface area contributed by atoms with Crippen molar-refractivity contribution < 1.29 is 9.13 Å². The number of H-pyrrole nitrogens is 1. The maximum atomic E-state index is 13.2. The first kappa shape index (κ1) is 15.8. The first-order valence-electron chi connectivity index (χ1n) is 6.79. The second-order valence-corrected chi connectivity index (χ2v) is 6.11. The normalized spacial score (nSPS) is 10.7. The summed E-state index contributed by atoms with van der Waals surface area (Å²) in [6.07, 6.45) is 0. The molecule has 0 radical (unpaired) electrons. The van der Waals surface area contributed by atoms with Crippen LogP contribution in [0.4, 0.5) is 4.39 Å². The van der Waals surface area contributed by atoms with E-state index in [0.29, 0.717) is 27.5 Å². The quantitative estimate of drug-likeness (QED) is 0.686. The fourth-order valence-electron chi connectivity index (χ4n) is 2.07. The van der Waals surface area contributed by atoms with Gasteiger partial charge in [0.2, 0.25) is 5.16 Å². The van der Waals surface area contributed by atoms with Crippen LogP contribution in [0.1, 0.15) is 5.56 Å². The van der Waals surface area contributed by atoms with Crippen LogP contribution in [-0.2, 0) is 5.75 Å². The van der Waals surface area contributed by atoms with Gasteiger partial charge >= 0.3 is 0 Å². The lowest BCUT2D eigenvalue weighted by Gasteiger charge is -2.05. The minimum atomic E-state index is -0.248. The molecule has 0 fully saturated rings. The molecule has 0 aliphatic carbocycles. The molecule has 0 saturated heterocycles. The third kappa shape index (κ3) is 3.83. The number of aromatic nitrogens is 3. The molecule has 0 atom stereocenters. The highest BCUT2D eigenvalue weighted by atomic mass is 35.5. The predicted molar refractivity (Wildman–Crippen MR) is 89.3 cm³/mol. The highest BCUT2D eigenvalue weighted by molar-refractivity contribution is 7.98. The second kappa shape index (κ2) is 7.02. The molecule has 0 unspecified atom stereocenters. The van der Waals surface area contributed by atoms with Gasteiger partial charge in [0, 0.05) is 10.8 Å². The number of hydrogen-bond acceptors (Lipinski definition) is 4. The number of thioether (sulfide) groups is 1. The Morgan fingerprint density at radius 1 is 1.26 bits per heavy atom. The molecule has 0 saturated carbocycles. The summed E-state index contributed by atoms with van der Waals surface area (Å²) in [5.41, 5.74) is 1.62. The number of methoxy groups -OCH3 is 1. The first-order valence-corrected chi connectivity index (χ1v) is 8.15. The van der Waals surface area contributed by atoms with Gasteiger partial charge in [-0.3, -0.25) is 5.10 Å². The summed E-state index contributed by atoms with van der Waals surface area (Å²) < 4.78 is 18.5. The molecular formula is C16H13ClFN3OS. The van der Waals surface area contributed by atoms with Gasteiger partial charge < -0.3 is 4.74 Å². The van der Waals surface area contributed by atoms with Crippen molar-refractivity contribution in [2.45, 2.75) is 10.9 Å². The van der Waals surface area contributed by atoms with Gasteiger partial charge in [0.25, 0.3) is 0 Å². The fraction of sp³-hybridized carbons (Fsp3) is 0.125. The van der Waals surface area contributed by atoms with Gasteiger partial charge in [-0.05, 0) is 35.9 Å². The van der Waals surface area contributed by atoms with Gasteiger partial charge in [-0.2, -0.15) is 0 Å². The Morgan fingerprint density at radius 2 is 2.13 bits per heavy atom. The standard InChI is InChI=1S/C16H13ClFN3OS/c1-22-14-6-5-11(17)8-13(14)15-19-16(21-20-15)23-9-10-3-2-4-12(18)7-10/h2-8H,9H2,1H3,(H,19,20,21). The zero-order chi connectivity index (χ0) is 16.2. The minimum Gasteiger partial charge on any atom is -0.496 e. The summed E-state index contributed by atoms with van der Waals surface area (Å²) in [6, 6.07) is 11.8. The summed E-state index contributed by atoms with van der Waals surface area (Å²) in [5.74, 6) is 1.57. The Labute approximate surface area is 142 Å². The van der Waals surface area contributed by atoms with Crippen LogP contribution in [0.2, 0.25) is 5.02 Å².